The van der Waals surface area contributed by atoms with E-state index in [-0.39, 0.29) is 30.1 Å². The Morgan fingerprint density at radius 3 is 2.67 bits per heavy atom. The van der Waals surface area contributed by atoms with Gasteiger partial charge in [-0.25, -0.2) is 4.99 Å². The molecule has 0 aliphatic rings. The monoisotopic (exact) mass is 449 g/mol. The van der Waals surface area contributed by atoms with E-state index in [0.717, 1.165) is 50.0 Å². The number of hydrogen-bond acceptors (Lipinski definition) is 3. The molecule has 2 N–H and O–H groups in total. The third-order valence-corrected chi connectivity index (χ3v) is 3.00. The van der Waals surface area contributed by atoms with Crippen LogP contribution in [0.5, 0.6) is 5.75 Å². The molecule has 0 aliphatic carbocycles. The summed E-state index contributed by atoms with van der Waals surface area (Å²) < 4.78 is 11.1. The van der Waals surface area contributed by atoms with Crippen molar-refractivity contribution in [2.45, 2.75) is 46.8 Å². The molecule has 0 heterocycles. The Kier molecular flexibility index (Phi) is 13.7. The molecule has 5 nitrogen and oxygen atoms in total. The zero-order valence-electron chi connectivity index (χ0n) is 15.3. The quantitative estimate of drug-likeness (QED) is 0.248. The van der Waals surface area contributed by atoms with Gasteiger partial charge in [0.25, 0.3) is 0 Å². The van der Waals surface area contributed by atoms with Gasteiger partial charge in [0.2, 0.25) is 0 Å². The first-order valence-electron chi connectivity index (χ1n) is 8.51. The lowest BCUT2D eigenvalue weighted by Gasteiger charge is -2.12. The molecule has 0 saturated heterocycles. The molecule has 0 atom stereocenters. The molecule has 1 aromatic carbocycles. The van der Waals surface area contributed by atoms with Gasteiger partial charge in [0.1, 0.15) is 5.75 Å². The van der Waals surface area contributed by atoms with Crippen LogP contribution >= 0.6 is 24.0 Å². The molecule has 0 fully saturated rings. The lowest BCUT2D eigenvalue weighted by atomic mass is 10.2. The molecule has 0 saturated carbocycles. The highest BCUT2D eigenvalue weighted by molar-refractivity contribution is 14.0. The number of halogens is 1. The topological polar surface area (TPSA) is 54.9 Å². The molecule has 0 aliphatic heterocycles. The minimum Gasteiger partial charge on any atom is -0.491 e. The van der Waals surface area contributed by atoms with Crippen LogP contribution < -0.4 is 15.4 Å². The maximum absolute atomic E-state index is 5.72. The van der Waals surface area contributed by atoms with Gasteiger partial charge in [0.15, 0.2) is 5.96 Å². The van der Waals surface area contributed by atoms with Crippen LogP contribution in [0.4, 0.5) is 0 Å². The van der Waals surface area contributed by atoms with Gasteiger partial charge in [-0.2, -0.15) is 0 Å². The Bertz CT molecular complexity index is 467. The SMILES string of the molecule is CCNC(=NCc1cccc(OC(C)C)c1)NCCCOCC.I. The maximum atomic E-state index is 5.72. The Labute approximate surface area is 163 Å². The Balaban J connectivity index is 0.00000529. The maximum Gasteiger partial charge on any atom is 0.191 e. The van der Waals surface area contributed by atoms with Crippen molar-refractivity contribution in [1.29, 1.82) is 0 Å². The fourth-order valence-corrected chi connectivity index (χ4v) is 2.03. The minimum absolute atomic E-state index is 0. The summed E-state index contributed by atoms with van der Waals surface area (Å²) in [6, 6.07) is 8.09. The van der Waals surface area contributed by atoms with Crippen LogP contribution in [0.25, 0.3) is 0 Å². The van der Waals surface area contributed by atoms with Gasteiger partial charge in [-0.1, -0.05) is 12.1 Å². The van der Waals surface area contributed by atoms with Gasteiger partial charge in [0.05, 0.1) is 12.6 Å². The van der Waals surface area contributed by atoms with Crippen molar-refractivity contribution in [1.82, 2.24) is 10.6 Å². The Hall–Kier alpha value is -1.02. The summed E-state index contributed by atoms with van der Waals surface area (Å²) >= 11 is 0. The Morgan fingerprint density at radius 2 is 2.00 bits per heavy atom. The molecular weight excluding hydrogens is 417 g/mol. The number of nitrogens with zero attached hydrogens (tertiary/aromatic N) is 1. The average Bonchev–Trinajstić information content (AvgIpc) is 2.52. The molecule has 0 radical (unpaired) electrons. The number of rotatable bonds is 10. The highest BCUT2D eigenvalue weighted by Gasteiger charge is 2.01. The van der Waals surface area contributed by atoms with Crippen LogP contribution in [0.2, 0.25) is 0 Å². The molecule has 0 aromatic heterocycles. The van der Waals surface area contributed by atoms with Gasteiger partial charge >= 0.3 is 0 Å². The van der Waals surface area contributed by atoms with Crippen molar-refractivity contribution < 1.29 is 9.47 Å². The first kappa shape index (κ1) is 23.0. The summed E-state index contributed by atoms with van der Waals surface area (Å²) in [5, 5.41) is 6.58. The molecule has 138 valence electrons. The highest BCUT2D eigenvalue weighted by atomic mass is 127. The molecular formula is C18H32IN3O2. The van der Waals surface area contributed by atoms with E-state index in [1.54, 1.807) is 0 Å². The highest BCUT2D eigenvalue weighted by Crippen LogP contribution is 2.15. The molecule has 1 aromatic rings. The summed E-state index contributed by atoms with van der Waals surface area (Å²) in [4.78, 5) is 4.62. The van der Waals surface area contributed by atoms with E-state index < -0.39 is 0 Å². The summed E-state index contributed by atoms with van der Waals surface area (Å²) in [7, 11) is 0. The van der Waals surface area contributed by atoms with E-state index in [4.69, 9.17) is 9.47 Å². The van der Waals surface area contributed by atoms with Crippen LogP contribution in [0.15, 0.2) is 29.3 Å². The van der Waals surface area contributed by atoms with Gasteiger partial charge in [-0.3, -0.25) is 0 Å². The predicted molar refractivity (Wildman–Crippen MR) is 112 cm³/mol. The standard InChI is InChI=1S/C18H31N3O2.HI/c1-5-19-18(20-11-8-12-22-6-2)21-14-16-9-7-10-17(13-16)23-15(3)4;/h7,9-10,13,15H,5-6,8,11-12,14H2,1-4H3,(H2,19,20,21);1H. The first-order chi connectivity index (χ1) is 11.2. The van der Waals surface area contributed by atoms with Crippen LogP contribution in [-0.2, 0) is 11.3 Å². The van der Waals surface area contributed by atoms with E-state index in [1.807, 2.05) is 39.0 Å². The van der Waals surface area contributed by atoms with Crippen LogP contribution in [0.1, 0.15) is 39.7 Å². The van der Waals surface area contributed by atoms with Gasteiger partial charge in [0, 0.05) is 26.3 Å². The minimum atomic E-state index is 0. The second kappa shape index (κ2) is 14.3. The largest absolute Gasteiger partial charge is 0.491 e. The third-order valence-electron chi connectivity index (χ3n) is 3.00. The lowest BCUT2D eigenvalue weighted by molar-refractivity contribution is 0.145. The molecule has 0 bridgehead atoms. The molecule has 6 heteroatoms. The van der Waals surface area contributed by atoms with Crippen molar-refractivity contribution in [3.05, 3.63) is 29.8 Å². The average molecular weight is 449 g/mol. The molecule has 0 spiro atoms. The van der Waals surface area contributed by atoms with Crippen LogP contribution in [0.3, 0.4) is 0 Å². The normalized spacial score (nSPS) is 11.1. The number of hydrogen-bond donors (Lipinski definition) is 2. The van der Waals surface area contributed by atoms with Crippen molar-refractivity contribution in [2.75, 3.05) is 26.3 Å². The zero-order chi connectivity index (χ0) is 16.9. The van der Waals surface area contributed by atoms with Crippen molar-refractivity contribution in [2.24, 2.45) is 4.99 Å². The molecule has 1 rings (SSSR count). The van der Waals surface area contributed by atoms with Crippen molar-refractivity contribution in [3.8, 4) is 5.75 Å². The zero-order valence-corrected chi connectivity index (χ0v) is 17.6. The second-order valence-electron chi connectivity index (χ2n) is 5.49. The van der Waals surface area contributed by atoms with E-state index in [0.29, 0.717) is 6.54 Å². The summed E-state index contributed by atoms with van der Waals surface area (Å²) in [6.07, 6.45) is 1.15. The van der Waals surface area contributed by atoms with Crippen LogP contribution in [-0.4, -0.2) is 38.4 Å². The number of nitrogens with one attached hydrogen (secondary N) is 2. The second-order valence-corrected chi connectivity index (χ2v) is 5.49. The van der Waals surface area contributed by atoms with E-state index in [2.05, 4.69) is 28.6 Å². The molecule has 0 unspecified atom stereocenters. The summed E-state index contributed by atoms with van der Waals surface area (Å²) in [5.41, 5.74) is 1.13. The third kappa shape index (κ3) is 10.7. The molecule has 24 heavy (non-hydrogen) atoms. The van der Waals surface area contributed by atoms with Crippen molar-refractivity contribution >= 4 is 29.9 Å². The summed E-state index contributed by atoms with van der Waals surface area (Å²) in [5.74, 6) is 1.72. The summed E-state index contributed by atoms with van der Waals surface area (Å²) in [6.45, 7) is 12.0. The van der Waals surface area contributed by atoms with Crippen LogP contribution in [0, 0.1) is 0 Å². The fourth-order valence-electron chi connectivity index (χ4n) is 2.03. The smallest absolute Gasteiger partial charge is 0.191 e. The van der Waals surface area contributed by atoms with Gasteiger partial charge in [-0.15, -0.1) is 24.0 Å². The number of aliphatic imine (C=N–C) groups is 1. The lowest BCUT2D eigenvalue weighted by Crippen LogP contribution is -2.38. The molecule has 0 amide bonds. The van der Waals surface area contributed by atoms with E-state index >= 15 is 0 Å². The number of guanidine groups is 1. The first-order valence-corrected chi connectivity index (χ1v) is 8.51. The van der Waals surface area contributed by atoms with E-state index in [9.17, 15) is 0 Å². The number of ether oxygens (including phenoxy) is 2. The van der Waals surface area contributed by atoms with Crippen molar-refractivity contribution in [3.63, 3.8) is 0 Å². The fraction of sp³-hybridized carbons (Fsp3) is 0.611. The van der Waals surface area contributed by atoms with Gasteiger partial charge < -0.3 is 20.1 Å². The Morgan fingerprint density at radius 1 is 1.21 bits per heavy atom. The number of benzene rings is 1. The predicted octanol–water partition coefficient (Wildman–Crippen LogP) is 3.57. The van der Waals surface area contributed by atoms with E-state index in [1.165, 1.54) is 0 Å². The van der Waals surface area contributed by atoms with Gasteiger partial charge in [-0.05, 0) is 51.8 Å².